The average molecular weight is 283 g/mol. The molecule has 0 fully saturated rings. The lowest BCUT2D eigenvalue weighted by molar-refractivity contribution is -0.121. The maximum absolute atomic E-state index is 11.7. The molecule has 0 aliphatic heterocycles. The Hall–Kier alpha value is -0.940. The fraction of sp³-hybridized carbons (Fsp3) is 0.714. The Bertz CT molecular complexity index is 352. The van der Waals surface area contributed by atoms with Crippen LogP contribution in [-0.2, 0) is 11.2 Å². The molecule has 1 aromatic rings. The predicted molar refractivity (Wildman–Crippen MR) is 80.1 cm³/mol. The molecule has 1 rings (SSSR count). The molecule has 1 unspecified atom stereocenters. The number of nitrogens with two attached hydrogens (primary N) is 1. The van der Waals surface area contributed by atoms with Gasteiger partial charge >= 0.3 is 0 Å². The third-order valence-corrected chi connectivity index (χ3v) is 4.21. The lowest BCUT2D eigenvalue weighted by atomic mass is 9.88. The van der Waals surface area contributed by atoms with Crippen molar-refractivity contribution >= 4 is 17.2 Å². The van der Waals surface area contributed by atoms with Crippen LogP contribution in [0.1, 0.15) is 38.1 Å². The molecule has 19 heavy (non-hydrogen) atoms. The van der Waals surface area contributed by atoms with E-state index in [4.69, 9.17) is 5.73 Å². The Balaban J connectivity index is 2.16. The smallest absolute Gasteiger partial charge is 0.220 e. The summed E-state index contributed by atoms with van der Waals surface area (Å²) in [5.74, 6) is 1.28. The van der Waals surface area contributed by atoms with Crippen LogP contribution in [0.3, 0.4) is 0 Å². The van der Waals surface area contributed by atoms with Gasteiger partial charge in [0.25, 0.3) is 0 Å². The minimum atomic E-state index is 0.138. The van der Waals surface area contributed by atoms with Crippen LogP contribution >= 0.6 is 11.3 Å². The number of aromatic nitrogens is 1. The van der Waals surface area contributed by atoms with Crippen molar-refractivity contribution in [3.8, 4) is 0 Å². The van der Waals surface area contributed by atoms with Crippen LogP contribution in [-0.4, -0.2) is 24.0 Å². The molecule has 0 radical (unpaired) electrons. The number of thiazole rings is 1. The number of hydrogen-bond acceptors (Lipinski definition) is 4. The Morgan fingerprint density at radius 3 is 2.84 bits per heavy atom. The van der Waals surface area contributed by atoms with Gasteiger partial charge < -0.3 is 11.1 Å². The van der Waals surface area contributed by atoms with Gasteiger partial charge in [-0.3, -0.25) is 4.79 Å². The highest BCUT2D eigenvalue weighted by Gasteiger charge is 2.14. The van der Waals surface area contributed by atoms with Crippen LogP contribution in [0.15, 0.2) is 11.6 Å². The van der Waals surface area contributed by atoms with Crippen LogP contribution in [0.4, 0.5) is 0 Å². The molecule has 1 amide bonds. The van der Waals surface area contributed by atoms with Gasteiger partial charge in [-0.05, 0) is 31.2 Å². The third kappa shape index (κ3) is 6.68. The van der Waals surface area contributed by atoms with Gasteiger partial charge in [-0.2, -0.15) is 0 Å². The Morgan fingerprint density at radius 1 is 1.47 bits per heavy atom. The van der Waals surface area contributed by atoms with Crippen molar-refractivity contribution in [3.05, 3.63) is 16.6 Å². The van der Waals surface area contributed by atoms with E-state index in [9.17, 15) is 4.79 Å². The summed E-state index contributed by atoms with van der Waals surface area (Å²) >= 11 is 1.63. The van der Waals surface area contributed by atoms with E-state index >= 15 is 0 Å². The highest BCUT2D eigenvalue weighted by atomic mass is 32.1. The second-order valence-corrected chi connectivity index (χ2v) is 6.13. The second kappa shape index (κ2) is 9.04. The lowest BCUT2D eigenvalue weighted by Gasteiger charge is -2.19. The second-order valence-electron chi connectivity index (χ2n) is 5.15. The quantitative estimate of drug-likeness (QED) is 0.730. The van der Waals surface area contributed by atoms with Crippen molar-refractivity contribution in [2.45, 2.75) is 39.5 Å². The Morgan fingerprint density at radius 2 is 2.26 bits per heavy atom. The molecule has 0 saturated carbocycles. The Kier molecular flexibility index (Phi) is 7.67. The molecule has 0 aromatic carbocycles. The average Bonchev–Trinajstić information content (AvgIpc) is 2.87. The molecule has 0 aliphatic carbocycles. The van der Waals surface area contributed by atoms with Gasteiger partial charge in [0.15, 0.2) is 0 Å². The molecule has 1 heterocycles. The summed E-state index contributed by atoms with van der Waals surface area (Å²) in [7, 11) is 0. The molecule has 108 valence electrons. The summed E-state index contributed by atoms with van der Waals surface area (Å²) < 4.78 is 0. The van der Waals surface area contributed by atoms with Crippen molar-refractivity contribution in [1.29, 1.82) is 0 Å². The molecule has 0 spiro atoms. The normalized spacial score (nSPS) is 12.6. The summed E-state index contributed by atoms with van der Waals surface area (Å²) in [6.07, 6.45) is 5.14. The minimum Gasteiger partial charge on any atom is -0.356 e. The van der Waals surface area contributed by atoms with Crippen LogP contribution in [0.2, 0.25) is 0 Å². The molecular weight excluding hydrogens is 258 g/mol. The molecule has 0 aliphatic rings. The lowest BCUT2D eigenvalue weighted by Crippen LogP contribution is -2.26. The van der Waals surface area contributed by atoms with Crippen molar-refractivity contribution < 1.29 is 4.79 Å². The molecule has 0 saturated heterocycles. The van der Waals surface area contributed by atoms with Gasteiger partial charge in [-0.1, -0.05) is 13.8 Å². The number of hydrogen-bond donors (Lipinski definition) is 2. The van der Waals surface area contributed by atoms with Crippen molar-refractivity contribution in [2.24, 2.45) is 17.6 Å². The third-order valence-electron chi connectivity index (χ3n) is 3.37. The summed E-state index contributed by atoms with van der Waals surface area (Å²) in [4.78, 5) is 15.9. The summed E-state index contributed by atoms with van der Waals surface area (Å²) in [5, 5.41) is 5.98. The predicted octanol–water partition coefficient (Wildman–Crippen LogP) is 2.20. The Labute approximate surface area is 119 Å². The van der Waals surface area contributed by atoms with E-state index in [1.807, 2.05) is 5.38 Å². The maximum Gasteiger partial charge on any atom is 0.220 e. The van der Waals surface area contributed by atoms with E-state index in [-0.39, 0.29) is 5.91 Å². The minimum absolute atomic E-state index is 0.138. The van der Waals surface area contributed by atoms with E-state index in [1.54, 1.807) is 17.5 Å². The molecule has 1 atom stereocenters. The number of carbonyl (C=O) groups excluding carboxylic acids is 1. The first-order valence-electron chi connectivity index (χ1n) is 6.98. The number of carbonyl (C=O) groups is 1. The van der Waals surface area contributed by atoms with Gasteiger partial charge in [-0.15, -0.1) is 11.3 Å². The topological polar surface area (TPSA) is 68.0 Å². The van der Waals surface area contributed by atoms with Crippen LogP contribution in [0, 0.1) is 11.8 Å². The summed E-state index contributed by atoms with van der Waals surface area (Å²) in [6.45, 7) is 5.77. The van der Waals surface area contributed by atoms with E-state index in [2.05, 4.69) is 24.1 Å². The SMILES string of the molecule is CC(C)C(CCN)CCC(=O)NCCc1nccs1. The first-order chi connectivity index (χ1) is 9.13. The summed E-state index contributed by atoms with van der Waals surface area (Å²) in [6, 6.07) is 0. The van der Waals surface area contributed by atoms with Gasteiger partial charge in [0.1, 0.15) is 0 Å². The maximum atomic E-state index is 11.7. The fourth-order valence-electron chi connectivity index (χ4n) is 2.12. The fourth-order valence-corrected chi connectivity index (χ4v) is 2.74. The standard InChI is InChI=1S/C14H25N3OS/c1-11(2)12(5-7-15)3-4-13(18)16-8-6-14-17-9-10-19-14/h9-12H,3-8,15H2,1-2H3,(H,16,18). The van der Waals surface area contributed by atoms with E-state index < -0.39 is 0 Å². The van der Waals surface area contributed by atoms with Crippen LogP contribution < -0.4 is 11.1 Å². The molecule has 4 nitrogen and oxygen atoms in total. The first kappa shape index (κ1) is 16.1. The number of amides is 1. The molecular formula is C14H25N3OS. The van der Waals surface area contributed by atoms with Gasteiger partial charge in [-0.25, -0.2) is 4.98 Å². The largest absolute Gasteiger partial charge is 0.356 e. The van der Waals surface area contributed by atoms with Crippen LogP contribution in [0.5, 0.6) is 0 Å². The van der Waals surface area contributed by atoms with E-state index in [1.165, 1.54) is 0 Å². The van der Waals surface area contributed by atoms with Crippen molar-refractivity contribution in [2.75, 3.05) is 13.1 Å². The highest BCUT2D eigenvalue weighted by Crippen LogP contribution is 2.20. The van der Waals surface area contributed by atoms with Crippen molar-refractivity contribution in [3.63, 3.8) is 0 Å². The zero-order valence-electron chi connectivity index (χ0n) is 11.9. The molecule has 5 heteroatoms. The highest BCUT2D eigenvalue weighted by molar-refractivity contribution is 7.09. The van der Waals surface area contributed by atoms with Gasteiger partial charge in [0, 0.05) is 31.0 Å². The zero-order valence-corrected chi connectivity index (χ0v) is 12.7. The number of nitrogens with zero attached hydrogens (tertiary/aromatic N) is 1. The first-order valence-corrected chi connectivity index (χ1v) is 7.86. The molecule has 1 aromatic heterocycles. The number of rotatable bonds is 9. The van der Waals surface area contributed by atoms with Crippen LogP contribution in [0.25, 0.3) is 0 Å². The van der Waals surface area contributed by atoms with Gasteiger partial charge in [0.2, 0.25) is 5.91 Å². The van der Waals surface area contributed by atoms with E-state index in [0.29, 0.717) is 31.3 Å². The zero-order chi connectivity index (χ0) is 14.1. The summed E-state index contributed by atoms with van der Waals surface area (Å²) in [5.41, 5.74) is 5.60. The molecule has 3 N–H and O–H groups in total. The molecule has 0 bridgehead atoms. The monoisotopic (exact) mass is 283 g/mol. The van der Waals surface area contributed by atoms with E-state index in [0.717, 1.165) is 24.3 Å². The number of nitrogens with one attached hydrogen (secondary N) is 1. The van der Waals surface area contributed by atoms with Gasteiger partial charge in [0.05, 0.1) is 5.01 Å². The van der Waals surface area contributed by atoms with Crippen molar-refractivity contribution in [1.82, 2.24) is 10.3 Å².